The van der Waals surface area contributed by atoms with E-state index in [0.717, 1.165) is 44.6 Å². The highest BCUT2D eigenvalue weighted by Gasteiger charge is 2.38. The number of nitrogens with one attached hydrogen (secondary N) is 1. The molecule has 7 nitrogen and oxygen atoms in total. The normalized spacial score (nSPS) is 23.3. The van der Waals surface area contributed by atoms with Gasteiger partial charge in [0.05, 0.1) is 24.1 Å². The summed E-state index contributed by atoms with van der Waals surface area (Å²) in [6.07, 6.45) is 8.74. The third-order valence-corrected chi connectivity index (χ3v) is 5.46. The van der Waals surface area contributed by atoms with Gasteiger partial charge in [-0.05, 0) is 50.8 Å². The van der Waals surface area contributed by atoms with Crippen LogP contribution in [0.3, 0.4) is 0 Å². The number of aromatic nitrogens is 4. The SMILES string of the molecule is Cc1[nH]ncc1C1CCN(C2CCN(c3cnn(C)c3)C2=O)CC1. The van der Waals surface area contributed by atoms with E-state index < -0.39 is 0 Å². The average Bonchev–Trinajstić information content (AvgIpc) is 3.28. The van der Waals surface area contributed by atoms with Gasteiger partial charge in [0.15, 0.2) is 0 Å². The number of nitrogens with zero attached hydrogens (tertiary/aromatic N) is 5. The van der Waals surface area contributed by atoms with Crippen molar-refractivity contribution >= 4 is 11.6 Å². The molecular formula is C17H24N6O. The number of amides is 1. The molecule has 2 aromatic rings. The lowest BCUT2D eigenvalue weighted by Gasteiger charge is -2.35. The Bertz CT molecular complexity index is 727. The molecule has 0 spiro atoms. The van der Waals surface area contributed by atoms with E-state index in [-0.39, 0.29) is 11.9 Å². The smallest absolute Gasteiger partial charge is 0.244 e. The van der Waals surface area contributed by atoms with Gasteiger partial charge in [0.1, 0.15) is 0 Å². The summed E-state index contributed by atoms with van der Waals surface area (Å²) in [7, 11) is 1.88. The number of aromatic amines is 1. The van der Waals surface area contributed by atoms with Crippen LogP contribution in [-0.4, -0.2) is 56.5 Å². The molecule has 2 aliphatic heterocycles. The van der Waals surface area contributed by atoms with Crippen LogP contribution in [0.25, 0.3) is 0 Å². The fourth-order valence-corrected chi connectivity index (χ4v) is 4.10. The van der Waals surface area contributed by atoms with Crippen LogP contribution in [0, 0.1) is 6.92 Å². The van der Waals surface area contributed by atoms with Crippen LogP contribution in [0.1, 0.15) is 36.4 Å². The zero-order valence-corrected chi connectivity index (χ0v) is 14.3. The first-order valence-electron chi connectivity index (χ1n) is 8.67. The van der Waals surface area contributed by atoms with Crippen LogP contribution in [0.5, 0.6) is 0 Å². The second-order valence-electron chi connectivity index (χ2n) is 6.93. The second-order valence-corrected chi connectivity index (χ2v) is 6.93. The van der Waals surface area contributed by atoms with Crippen molar-refractivity contribution in [1.82, 2.24) is 24.9 Å². The maximum absolute atomic E-state index is 12.8. The standard InChI is InChI=1S/C17H24N6O/c1-12-15(10-18-20-12)13-3-6-22(7-4-13)16-5-8-23(17(16)24)14-9-19-21(2)11-14/h9-11,13,16H,3-8H2,1-2H3,(H,18,20). The summed E-state index contributed by atoms with van der Waals surface area (Å²) < 4.78 is 1.74. The molecule has 24 heavy (non-hydrogen) atoms. The summed E-state index contributed by atoms with van der Waals surface area (Å²) in [6, 6.07) is 0.0246. The summed E-state index contributed by atoms with van der Waals surface area (Å²) >= 11 is 0. The van der Waals surface area contributed by atoms with Gasteiger partial charge in [-0.2, -0.15) is 10.2 Å². The maximum atomic E-state index is 12.8. The number of hydrogen-bond donors (Lipinski definition) is 1. The lowest BCUT2D eigenvalue weighted by Crippen LogP contribution is -2.45. The van der Waals surface area contributed by atoms with Crippen LogP contribution in [0.2, 0.25) is 0 Å². The van der Waals surface area contributed by atoms with E-state index in [4.69, 9.17) is 0 Å². The van der Waals surface area contributed by atoms with Crippen LogP contribution in [0.4, 0.5) is 5.69 Å². The summed E-state index contributed by atoms with van der Waals surface area (Å²) in [5.41, 5.74) is 3.42. The minimum absolute atomic E-state index is 0.0246. The van der Waals surface area contributed by atoms with Crippen molar-refractivity contribution in [3.63, 3.8) is 0 Å². The fourth-order valence-electron chi connectivity index (χ4n) is 4.10. The van der Waals surface area contributed by atoms with E-state index in [1.165, 1.54) is 11.3 Å². The van der Waals surface area contributed by atoms with Gasteiger partial charge in [0.25, 0.3) is 0 Å². The van der Waals surface area contributed by atoms with Gasteiger partial charge < -0.3 is 4.90 Å². The number of carbonyl (C=O) groups excluding carboxylic acids is 1. The number of likely N-dealkylation sites (tertiary alicyclic amines) is 1. The van der Waals surface area contributed by atoms with Crippen molar-refractivity contribution in [1.29, 1.82) is 0 Å². The third-order valence-electron chi connectivity index (χ3n) is 5.46. The molecule has 1 amide bonds. The Kier molecular flexibility index (Phi) is 3.88. The molecular weight excluding hydrogens is 304 g/mol. The van der Waals surface area contributed by atoms with Crippen molar-refractivity contribution in [2.24, 2.45) is 7.05 Å². The molecule has 128 valence electrons. The Labute approximate surface area is 141 Å². The Morgan fingerprint density at radius 1 is 1.17 bits per heavy atom. The summed E-state index contributed by atoms with van der Waals surface area (Å²) in [4.78, 5) is 17.1. The molecule has 2 aliphatic rings. The number of carbonyl (C=O) groups is 1. The number of aryl methyl sites for hydroxylation is 2. The van der Waals surface area contributed by atoms with Crippen LogP contribution in [0.15, 0.2) is 18.6 Å². The van der Waals surface area contributed by atoms with E-state index >= 15 is 0 Å². The third kappa shape index (κ3) is 2.62. The predicted molar refractivity (Wildman–Crippen MR) is 90.8 cm³/mol. The molecule has 4 heterocycles. The van der Waals surface area contributed by atoms with E-state index in [0.29, 0.717) is 5.92 Å². The fraction of sp³-hybridized carbons (Fsp3) is 0.588. The Morgan fingerprint density at radius 2 is 1.96 bits per heavy atom. The molecule has 4 rings (SSSR count). The van der Waals surface area contributed by atoms with E-state index in [2.05, 4.69) is 27.1 Å². The molecule has 0 aliphatic carbocycles. The zero-order chi connectivity index (χ0) is 16.7. The molecule has 1 atom stereocenters. The van der Waals surface area contributed by atoms with Gasteiger partial charge in [0.2, 0.25) is 5.91 Å². The zero-order valence-electron chi connectivity index (χ0n) is 14.3. The Morgan fingerprint density at radius 3 is 2.58 bits per heavy atom. The molecule has 2 fully saturated rings. The van der Waals surface area contributed by atoms with Crippen molar-refractivity contribution in [3.8, 4) is 0 Å². The van der Waals surface area contributed by atoms with E-state index in [1.807, 2.05) is 24.3 Å². The number of piperidine rings is 1. The van der Waals surface area contributed by atoms with Crippen LogP contribution in [-0.2, 0) is 11.8 Å². The molecule has 2 saturated heterocycles. The van der Waals surface area contributed by atoms with Crippen molar-refractivity contribution in [3.05, 3.63) is 29.8 Å². The molecule has 0 radical (unpaired) electrons. The van der Waals surface area contributed by atoms with Gasteiger partial charge in [-0.25, -0.2) is 0 Å². The highest BCUT2D eigenvalue weighted by atomic mass is 16.2. The molecule has 1 N–H and O–H groups in total. The molecule has 2 aromatic heterocycles. The summed E-state index contributed by atoms with van der Waals surface area (Å²) in [5, 5.41) is 11.4. The highest BCUT2D eigenvalue weighted by molar-refractivity contribution is 5.99. The number of H-pyrrole nitrogens is 1. The van der Waals surface area contributed by atoms with Gasteiger partial charge >= 0.3 is 0 Å². The minimum Gasteiger partial charge on any atom is -0.308 e. The summed E-state index contributed by atoms with van der Waals surface area (Å²) in [5.74, 6) is 0.784. The first kappa shape index (κ1) is 15.4. The maximum Gasteiger partial charge on any atom is 0.244 e. The van der Waals surface area contributed by atoms with Crippen molar-refractivity contribution < 1.29 is 4.79 Å². The van der Waals surface area contributed by atoms with E-state index in [9.17, 15) is 4.79 Å². The average molecular weight is 328 g/mol. The number of rotatable bonds is 3. The highest BCUT2D eigenvalue weighted by Crippen LogP contribution is 2.32. The number of anilines is 1. The van der Waals surface area contributed by atoms with Crippen molar-refractivity contribution in [2.45, 2.75) is 38.1 Å². The Hall–Kier alpha value is -2.15. The molecule has 1 unspecified atom stereocenters. The molecule has 0 aromatic carbocycles. The number of hydrogen-bond acceptors (Lipinski definition) is 4. The Balaban J connectivity index is 1.39. The predicted octanol–water partition coefficient (Wildman–Crippen LogP) is 1.44. The van der Waals surface area contributed by atoms with Gasteiger partial charge in [0, 0.05) is 25.5 Å². The molecule has 7 heteroatoms. The van der Waals surface area contributed by atoms with Gasteiger partial charge in [-0.1, -0.05) is 0 Å². The second kappa shape index (κ2) is 6.05. The van der Waals surface area contributed by atoms with Crippen LogP contribution >= 0.6 is 0 Å². The van der Waals surface area contributed by atoms with Gasteiger partial charge in [-0.15, -0.1) is 0 Å². The monoisotopic (exact) mass is 328 g/mol. The quantitative estimate of drug-likeness (QED) is 0.925. The molecule has 0 bridgehead atoms. The topological polar surface area (TPSA) is 70.1 Å². The largest absolute Gasteiger partial charge is 0.308 e. The minimum atomic E-state index is 0.0246. The van der Waals surface area contributed by atoms with Gasteiger partial charge in [-0.3, -0.25) is 19.5 Å². The van der Waals surface area contributed by atoms with Crippen molar-refractivity contribution in [2.75, 3.05) is 24.5 Å². The lowest BCUT2D eigenvalue weighted by molar-refractivity contribution is -0.122. The first-order chi connectivity index (χ1) is 11.6. The summed E-state index contributed by atoms with van der Waals surface area (Å²) in [6.45, 7) is 4.83. The van der Waals surface area contributed by atoms with E-state index in [1.54, 1.807) is 10.9 Å². The first-order valence-corrected chi connectivity index (χ1v) is 8.67. The van der Waals surface area contributed by atoms with Crippen LogP contribution < -0.4 is 4.90 Å². The molecule has 0 saturated carbocycles. The lowest BCUT2D eigenvalue weighted by atomic mass is 9.89.